The first-order valence-electron chi connectivity index (χ1n) is 7.06. The Balaban J connectivity index is 2.40. The summed E-state index contributed by atoms with van der Waals surface area (Å²) in [7, 11) is 1.63. The van der Waals surface area contributed by atoms with Crippen molar-refractivity contribution in [2.24, 2.45) is 0 Å². The molecule has 0 bridgehead atoms. The van der Waals surface area contributed by atoms with Crippen molar-refractivity contribution >= 4 is 0 Å². The number of aliphatic hydroxyl groups excluding tert-OH is 2. The largest absolute Gasteiger partial charge is 0.497 e. The summed E-state index contributed by atoms with van der Waals surface area (Å²) >= 11 is 0. The minimum Gasteiger partial charge on any atom is -0.497 e. The number of aryl methyl sites for hydroxylation is 1. The van der Waals surface area contributed by atoms with E-state index in [1.807, 2.05) is 55.5 Å². The van der Waals surface area contributed by atoms with Crippen LogP contribution in [0.1, 0.15) is 16.7 Å². The summed E-state index contributed by atoms with van der Waals surface area (Å²) in [6.07, 6.45) is 0.558. The van der Waals surface area contributed by atoms with Crippen LogP contribution in [0.2, 0.25) is 0 Å². The Hall–Kier alpha value is -1.84. The lowest BCUT2D eigenvalue weighted by Gasteiger charge is -2.32. The summed E-state index contributed by atoms with van der Waals surface area (Å²) in [5.41, 5.74) is 2.40. The Morgan fingerprint density at radius 1 is 1.00 bits per heavy atom. The van der Waals surface area contributed by atoms with Crippen LogP contribution in [-0.2, 0) is 11.8 Å². The fraction of sp³-hybridized carbons (Fsp3) is 0.333. The second-order valence-electron chi connectivity index (χ2n) is 5.44. The van der Waals surface area contributed by atoms with E-state index in [4.69, 9.17) is 4.74 Å². The number of hydrogen-bond donors (Lipinski definition) is 2. The molecule has 112 valence electrons. The minimum absolute atomic E-state index is 0.106. The van der Waals surface area contributed by atoms with Crippen LogP contribution in [0.15, 0.2) is 48.5 Å². The van der Waals surface area contributed by atoms with Gasteiger partial charge in [-0.15, -0.1) is 0 Å². The summed E-state index contributed by atoms with van der Waals surface area (Å²) in [5.74, 6) is 0.780. The van der Waals surface area contributed by atoms with E-state index in [-0.39, 0.29) is 13.2 Å². The molecule has 2 N–H and O–H groups in total. The molecule has 0 amide bonds. The second kappa shape index (κ2) is 6.74. The van der Waals surface area contributed by atoms with Crippen molar-refractivity contribution in [3.63, 3.8) is 0 Å². The third-order valence-electron chi connectivity index (χ3n) is 4.00. The molecule has 0 aromatic heterocycles. The molecule has 0 aliphatic rings. The van der Waals surface area contributed by atoms with Gasteiger partial charge in [0.1, 0.15) is 5.75 Å². The van der Waals surface area contributed by atoms with Gasteiger partial charge < -0.3 is 14.9 Å². The predicted molar refractivity (Wildman–Crippen MR) is 83.7 cm³/mol. The lowest BCUT2D eigenvalue weighted by atomic mass is 9.75. The zero-order chi connectivity index (χ0) is 15.3. The van der Waals surface area contributed by atoms with Crippen LogP contribution >= 0.6 is 0 Å². The molecule has 0 atom stereocenters. The van der Waals surface area contributed by atoms with Crippen LogP contribution in [0.4, 0.5) is 0 Å². The van der Waals surface area contributed by atoms with Gasteiger partial charge in [0.05, 0.1) is 20.3 Å². The molecule has 2 aromatic carbocycles. The summed E-state index contributed by atoms with van der Waals surface area (Å²) in [6, 6.07) is 15.6. The highest BCUT2D eigenvalue weighted by molar-refractivity contribution is 5.37. The standard InChI is InChI=1S/C18H22O3/c1-14-6-3-4-9-17(14)18(12-19,13-20)11-15-7-5-8-16(10-15)21-2/h3-10,19-20H,11-13H2,1-2H3. The van der Waals surface area contributed by atoms with Crippen LogP contribution in [0.5, 0.6) is 5.75 Å². The monoisotopic (exact) mass is 286 g/mol. The predicted octanol–water partition coefficient (Wildman–Crippen LogP) is 2.47. The number of methoxy groups -OCH3 is 1. The van der Waals surface area contributed by atoms with Crippen molar-refractivity contribution < 1.29 is 14.9 Å². The van der Waals surface area contributed by atoms with Crippen molar-refractivity contribution in [1.29, 1.82) is 0 Å². The maximum Gasteiger partial charge on any atom is 0.119 e. The summed E-state index contributed by atoms with van der Waals surface area (Å²) in [5, 5.41) is 19.9. The van der Waals surface area contributed by atoms with Gasteiger partial charge in [-0.2, -0.15) is 0 Å². The molecular weight excluding hydrogens is 264 g/mol. The molecule has 0 aliphatic carbocycles. The zero-order valence-electron chi connectivity index (χ0n) is 12.5. The van der Waals surface area contributed by atoms with Gasteiger partial charge in [-0.1, -0.05) is 36.4 Å². The summed E-state index contributed by atoms with van der Waals surface area (Å²) < 4.78 is 5.24. The van der Waals surface area contributed by atoms with Gasteiger partial charge in [-0.3, -0.25) is 0 Å². The van der Waals surface area contributed by atoms with Gasteiger partial charge in [-0.05, 0) is 42.2 Å². The highest BCUT2D eigenvalue weighted by atomic mass is 16.5. The molecule has 0 saturated heterocycles. The van der Waals surface area contributed by atoms with E-state index in [0.717, 1.165) is 22.4 Å². The normalized spacial score (nSPS) is 11.4. The Bertz CT molecular complexity index is 589. The molecule has 3 nitrogen and oxygen atoms in total. The maximum absolute atomic E-state index is 9.95. The topological polar surface area (TPSA) is 49.7 Å². The third-order valence-corrected chi connectivity index (χ3v) is 4.00. The second-order valence-corrected chi connectivity index (χ2v) is 5.44. The van der Waals surface area contributed by atoms with Crippen LogP contribution in [-0.4, -0.2) is 30.5 Å². The van der Waals surface area contributed by atoms with Crippen molar-refractivity contribution in [2.75, 3.05) is 20.3 Å². The first kappa shape index (κ1) is 15.5. The summed E-state index contributed by atoms with van der Waals surface area (Å²) in [4.78, 5) is 0. The molecule has 0 fully saturated rings. The molecule has 0 spiro atoms. The van der Waals surface area contributed by atoms with Gasteiger partial charge >= 0.3 is 0 Å². The van der Waals surface area contributed by atoms with E-state index in [1.165, 1.54) is 0 Å². The Kier molecular flexibility index (Phi) is 4.99. The van der Waals surface area contributed by atoms with E-state index in [0.29, 0.717) is 6.42 Å². The average Bonchev–Trinajstić information content (AvgIpc) is 2.53. The quantitative estimate of drug-likeness (QED) is 0.857. The summed E-state index contributed by atoms with van der Waals surface area (Å²) in [6.45, 7) is 1.79. The molecule has 2 aromatic rings. The lowest BCUT2D eigenvalue weighted by molar-refractivity contribution is 0.115. The highest BCUT2D eigenvalue weighted by Crippen LogP contribution is 2.31. The van der Waals surface area contributed by atoms with Crippen molar-refractivity contribution in [3.8, 4) is 5.75 Å². The van der Waals surface area contributed by atoms with Crippen LogP contribution < -0.4 is 4.74 Å². The van der Waals surface area contributed by atoms with Gasteiger partial charge in [0.2, 0.25) is 0 Å². The van der Waals surface area contributed by atoms with Crippen LogP contribution in [0.25, 0.3) is 0 Å². The van der Waals surface area contributed by atoms with Gasteiger partial charge in [0.25, 0.3) is 0 Å². The molecule has 3 heteroatoms. The van der Waals surface area contributed by atoms with Crippen molar-refractivity contribution in [2.45, 2.75) is 18.8 Å². The van der Waals surface area contributed by atoms with Gasteiger partial charge in [-0.25, -0.2) is 0 Å². The Morgan fingerprint density at radius 3 is 2.33 bits per heavy atom. The van der Waals surface area contributed by atoms with E-state index in [9.17, 15) is 10.2 Å². The number of rotatable bonds is 6. The smallest absolute Gasteiger partial charge is 0.119 e. The zero-order valence-corrected chi connectivity index (χ0v) is 12.5. The van der Waals surface area contributed by atoms with E-state index < -0.39 is 5.41 Å². The fourth-order valence-corrected chi connectivity index (χ4v) is 2.77. The number of hydrogen-bond acceptors (Lipinski definition) is 3. The van der Waals surface area contributed by atoms with E-state index in [2.05, 4.69) is 0 Å². The van der Waals surface area contributed by atoms with Gasteiger partial charge in [0, 0.05) is 5.41 Å². The SMILES string of the molecule is COc1cccc(CC(CO)(CO)c2ccccc2C)c1. The number of benzene rings is 2. The van der Waals surface area contributed by atoms with E-state index >= 15 is 0 Å². The number of aliphatic hydroxyl groups is 2. The average molecular weight is 286 g/mol. The molecular formula is C18H22O3. The maximum atomic E-state index is 9.95. The van der Waals surface area contributed by atoms with Crippen molar-refractivity contribution in [1.82, 2.24) is 0 Å². The molecule has 21 heavy (non-hydrogen) atoms. The Labute approximate surface area is 125 Å². The number of ether oxygens (including phenoxy) is 1. The van der Waals surface area contributed by atoms with Crippen molar-refractivity contribution in [3.05, 3.63) is 65.2 Å². The first-order chi connectivity index (χ1) is 10.1. The Morgan fingerprint density at radius 2 is 1.71 bits per heavy atom. The van der Waals surface area contributed by atoms with Gasteiger partial charge in [0.15, 0.2) is 0 Å². The molecule has 0 unspecified atom stereocenters. The molecule has 0 aliphatic heterocycles. The molecule has 0 saturated carbocycles. The molecule has 2 rings (SSSR count). The molecule has 0 radical (unpaired) electrons. The lowest BCUT2D eigenvalue weighted by Crippen LogP contribution is -2.38. The minimum atomic E-state index is -0.683. The molecule has 0 heterocycles. The highest BCUT2D eigenvalue weighted by Gasteiger charge is 2.32. The van der Waals surface area contributed by atoms with Crippen LogP contribution in [0.3, 0.4) is 0 Å². The fourth-order valence-electron chi connectivity index (χ4n) is 2.77. The first-order valence-corrected chi connectivity index (χ1v) is 7.06. The van der Waals surface area contributed by atoms with E-state index in [1.54, 1.807) is 7.11 Å². The van der Waals surface area contributed by atoms with Crippen LogP contribution in [0, 0.1) is 6.92 Å². The third kappa shape index (κ3) is 3.26.